The van der Waals surface area contributed by atoms with E-state index in [2.05, 4.69) is 15.2 Å². The Labute approximate surface area is 166 Å². The molecule has 0 atom stereocenters. The molecule has 0 spiro atoms. The Morgan fingerprint density at radius 3 is 2.36 bits per heavy atom. The molecule has 8 heteroatoms. The number of rotatable bonds is 4. The third-order valence-electron chi connectivity index (χ3n) is 5.09. The van der Waals surface area contributed by atoms with Gasteiger partial charge in [-0.3, -0.25) is 9.79 Å². The summed E-state index contributed by atoms with van der Waals surface area (Å²) in [5, 5.41) is 3.38. The van der Waals surface area contributed by atoms with Crippen molar-refractivity contribution in [2.45, 2.75) is 26.3 Å². The molecule has 3 rings (SSSR count). The van der Waals surface area contributed by atoms with Gasteiger partial charge in [0, 0.05) is 58.4 Å². The Morgan fingerprint density at radius 2 is 1.79 bits per heavy atom. The second kappa shape index (κ2) is 9.43. The second-order valence-electron chi connectivity index (χ2n) is 6.89. The van der Waals surface area contributed by atoms with Gasteiger partial charge in [0.2, 0.25) is 5.91 Å². The van der Waals surface area contributed by atoms with Crippen molar-refractivity contribution in [2.75, 3.05) is 51.3 Å². The first-order valence-electron chi connectivity index (χ1n) is 9.89. The Balaban J connectivity index is 1.49. The lowest BCUT2D eigenvalue weighted by molar-refractivity contribution is -0.117. The summed E-state index contributed by atoms with van der Waals surface area (Å²) in [5.41, 5.74) is 2.09. The SMILES string of the molecule is CCOC(=O)N1CCN(C(=NC)NCc2ccc(N3CCCC3=O)cc2)CC1. The van der Waals surface area contributed by atoms with Crippen LogP contribution < -0.4 is 10.2 Å². The molecule has 2 amide bonds. The van der Waals surface area contributed by atoms with Crippen molar-refractivity contribution in [3.05, 3.63) is 29.8 Å². The topological polar surface area (TPSA) is 77.5 Å². The van der Waals surface area contributed by atoms with Crippen LogP contribution in [-0.2, 0) is 16.1 Å². The van der Waals surface area contributed by atoms with Crippen molar-refractivity contribution < 1.29 is 14.3 Å². The molecule has 0 aromatic heterocycles. The number of hydrogen-bond donors (Lipinski definition) is 1. The molecule has 0 radical (unpaired) electrons. The third-order valence-corrected chi connectivity index (χ3v) is 5.09. The highest BCUT2D eigenvalue weighted by molar-refractivity contribution is 5.95. The van der Waals surface area contributed by atoms with E-state index in [0.29, 0.717) is 45.8 Å². The average Bonchev–Trinajstić information content (AvgIpc) is 3.15. The molecule has 2 fully saturated rings. The van der Waals surface area contributed by atoms with Crippen LogP contribution in [-0.4, -0.2) is 74.1 Å². The van der Waals surface area contributed by atoms with Gasteiger partial charge in [-0.2, -0.15) is 0 Å². The summed E-state index contributed by atoms with van der Waals surface area (Å²) >= 11 is 0. The summed E-state index contributed by atoms with van der Waals surface area (Å²) in [6, 6.07) is 8.09. The highest BCUT2D eigenvalue weighted by atomic mass is 16.6. The van der Waals surface area contributed by atoms with E-state index in [1.165, 1.54) is 0 Å². The van der Waals surface area contributed by atoms with Crippen LogP contribution in [0.15, 0.2) is 29.3 Å². The second-order valence-corrected chi connectivity index (χ2v) is 6.89. The van der Waals surface area contributed by atoms with Crippen molar-refractivity contribution in [3.8, 4) is 0 Å². The number of amides is 2. The molecular weight excluding hydrogens is 358 g/mol. The fourth-order valence-corrected chi connectivity index (χ4v) is 3.54. The molecule has 0 unspecified atom stereocenters. The van der Waals surface area contributed by atoms with Gasteiger partial charge < -0.3 is 24.8 Å². The predicted octanol–water partition coefficient (Wildman–Crippen LogP) is 1.66. The summed E-state index contributed by atoms with van der Waals surface area (Å²) < 4.78 is 5.06. The molecular formula is C20H29N5O3. The number of nitrogens with zero attached hydrogens (tertiary/aromatic N) is 4. The Kier molecular flexibility index (Phi) is 6.73. The van der Waals surface area contributed by atoms with E-state index in [4.69, 9.17) is 4.74 Å². The van der Waals surface area contributed by atoms with E-state index < -0.39 is 0 Å². The number of carbonyl (C=O) groups is 2. The third kappa shape index (κ3) is 4.74. The number of nitrogens with one attached hydrogen (secondary N) is 1. The molecule has 0 saturated carbocycles. The summed E-state index contributed by atoms with van der Waals surface area (Å²) in [6.07, 6.45) is 1.33. The number of benzene rings is 1. The van der Waals surface area contributed by atoms with Crippen LogP contribution in [0, 0.1) is 0 Å². The molecule has 0 aliphatic carbocycles. The maximum Gasteiger partial charge on any atom is 0.409 e. The lowest BCUT2D eigenvalue weighted by Crippen LogP contribution is -2.53. The number of ether oxygens (including phenoxy) is 1. The van der Waals surface area contributed by atoms with E-state index in [0.717, 1.165) is 30.2 Å². The van der Waals surface area contributed by atoms with Gasteiger partial charge in [0.05, 0.1) is 6.61 Å². The van der Waals surface area contributed by atoms with Crippen LogP contribution in [0.1, 0.15) is 25.3 Å². The molecule has 8 nitrogen and oxygen atoms in total. The first-order valence-corrected chi connectivity index (χ1v) is 9.89. The number of aliphatic imine (C=N–C) groups is 1. The summed E-state index contributed by atoms with van der Waals surface area (Å²) in [5.74, 6) is 1.02. The van der Waals surface area contributed by atoms with Crippen molar-refractivity contribution in [3.63, 3.8) is 0 Å². The molecule has 1 aromatic rings. The van der Waals surface area contributed by atoms with Gasteiger partial charge in [0.25, 0.3) is 0 Å². The van der Waals surface area contributed by atoms with E-state index in [-0.39, 0.29) is 12.0 Å². The minimum Gasteiger partial charge on any atom is -0.450 e. The Bertz CT molecular complexity index is 711. The van der Waals surface area contributed by atoms with Gasteiger partial charge in [0.15, 0.2) is 5.96 Å². The van der Waals surface area contributed by atoms with Gasteiger partial charge in [-0.1, -0.05) is 12.1 Å². The minimum absolute atomic E-state index is 0.202. The lowest BCUT2D eigenvalue weighted by Gasteiger charge is -2.35. The minimum atomic E-state index is -0.248. The van der Waals surface area contributed by atoms with Gasteiger partial charge >= 0.3 is 6.09 Å². The molecule has 0 bridgehead atoms. The fourth-order valence-electron chi connectivity index (χ4n) is 3.54. The van der Waals surface area contributed by atoms with Crippen LogP contribution >= 0.6 is 0 Å². The van der Waals surface area contributed by atoms with Crippen molar-refractivity contribution in [2.24, 2.45) is 4.99 Å². The summed E-state index contributed by atoms with van der Waals surface area (Å²) in [4.78, 5) is 33.8. The Morgan fingerprint density at radius 1 is 1.11 bits per heavy atom. The zero-order chi connectivity index (χ0) is 19.9. The van der Waals surface area contributed by atoms with E-state index in [9.17, 15) is 9.59 Å². The largest absolute Gasteiger partial charge is 0.450 e. The average molecular weight is 387 g/mol. The lowest BCUT2D eigenvalue weighted by atomic mass is 10.2. The predicted molar refractivity (Wildman–Crippen MR) is 108 cm³/mol. The molecule has 2 aliphatic rings. The zero-order valence-electron chi connectivity index (χ0n) is 16.7. The first kappa shape index (κ1) is 20.0. The van der Waals surface area contributed by atoms with Gasteiger partial charge in [-0.25, -0.2) is 4.79 Å². The van der Waals surface area contributed by atoms with E-state index >= 15 is 0 Å². The number of carbonyl (C=O) groups excluding carboxylic acids is 2. The van der Waals surface area contributed by atoms with Crippen LogP contribution in [0.25, 0.3) is 0 Å². The van der Waals surface area contributed by atoms with Crippen molar-refractivity contribution in [1.29, 1.82) is 0 Å². The first-order chi connectivity index (χ1) is 13.6. The number of guanidine groups is 1. The monoisotopic (exact) mass is 387 g/mol. The summed E-state index contributed by atoms with van der Waals surface area (Å²) in [6.45, 7) is 6.35. The van der Waals surface area contributed by atoms with Crippen molar-refractivity contribution >= 4 is 23.6 Å². The van der Waals surface area contributed by atoms with Gasteiger partial charge in [0.1, 0.15) is 0 Å². The normalized spacial score (nSPS) is 17.9. The smallest absolute Gasteiger partial charge is 0.409 e. The summed E-state index contributed by atoms with van der Waals surface area (Å²) in [7, 11) is 1.77. The van der Waals surface area contributed by atoms with E-state index in [1.54, 1.807) is 11.9 Å². The molecule has 1 aromatic carbocycles. The Hall–Kier alpha value is -2.77. The quantitative estimate of drug-likeness (QED) is 0.628. The molecule has 2 heterocycles. The maximum absolute atomic E-state index is 11.9. The number of anilines is 1. The van der Waals surface area contributed by atoms with Crippen LogP contribution in [0.5, 0.6) is 0 Å². The molecule has 1 N–H and O–H groups in total. The van der Waals surface area contributed by atoms with E-state index in [1.807, 2.05) is 36.1 Å². The van der Waals surface area contributed by atoms with Crippen LogP contribution in [0.2, 0.25) is 0 Å². The number of hydrogen-bond acceptors (Lipinski definition) is 4. The highest BCUT2D eigenvalue weighted by Crippen LogP contribution is 2.21. The zero-order valence-corrected chi connectivity index (χ0v) is 16.7. The van der Waals surface area contributed by atoms with Crippen LogP contribution in [0.3, 0.4) is 0 Å². The molecule has 28 heavy (non-hydrogen) atoms. The molecule has 2 saturated heterocycles. The maximum atomic E-state index is 11.9. The fraction of sp³-hybridized carbons (Fsp3) is 0.550. The number of piperazine rings is 1. The van der Waals surface area contributed by atoms with Crippen LogP contribution in [0.4, 0.5) is 10.5 Å². The molecule has 2 aliphatic heterocycles. The molecule has 152 valence electrons. The van der Waals surface area contributed by atoms with Gasteiger partial charge in [-0.05, 0) is 31.0 Å². The standard InChI is InChI=1S/C20H29N5O3/c1-3-28-20(27)24-13-11-23(12-14-24)19(21-2)22-15-16-6-8-17(9-7-16)25-10-4-5-18(25)26/h6-9H,3-5,10-15H2,1-2H3,(H,21,22). The van der Waals surface area contributed by atoms with Crippen molar-refractivity contribution in [1.82, 2.24) is 15.1 Å². The van der Waals surface area contributed by atoms with Gasteiger partial charge in [-0.15, -0.1) is 0 Å². The highest BCUT2D eigenvalue weighted by Gasteiger charge is 2.24.